The van der Waals surface area contributed by atoms with Gasteiger partial charge >= 0.3 is 5.69 Å². The Labute approximate surface area is 129 Å². The van der Waals surface area contributed by atoms with Crippen LogP contribution in [0, 0.1) is 0 Å². The second kappa shape index (κ2) is 8.23. The van der Waals surface area contributed by atoms with Crippen LogP contribution >= 0.6 is 0 Å². The molecule has 0 aromatic carbocycles. The van der Waals surface area contributed by atoms with Crippen molar-refractivity contribution in [2.24, 2.45) is 0 Å². The molecule has 1 aromatic heterocycles. The molecule has 0 bridgehead atoms. The minimum Gasteiger partial charge on any atom is -0.383 e. The summed E-state index contributed by atoms with van der Waals surface area (Å²) >= 11 is 0. The molecule has 1 aromatic rings. The first kappa shape index (κ1) is 16.9. The van der Waals surface area contributed by atoms with Crippen molar-refractivity contribution in [3.05, 3.63) is 22.7 Å². The first-order valence-corrected chi connectivity index (χ1v) is 7.45. The van der Waals surface area contributed by atoms with E-state index < -0.39 is 18.2 Å². The van der Waals surface area contributed by atoms with E-state index in [0.717, 1.165) is 12.8 Å². The van der Waals surface area contributed by atoms with Crippen LogP contribution < -0.4 is 11.4 Å². The van der Waals surface area contributed by atoms with Crippen molar-refractivity contribution < 1.29 is 18.9 Å². The number of nitrogens with two attached hydrogens (primary N) is 1. The number of rotatable bonds is 8. The molecule has 3 atom stereocenters. The summed E-state index contributed by atoms with van der Waals surface area (Å²) in [7, 11) is 0. The number of unbranched alkanes of at least 4 members (excludes halogenated alkanes) is 1. The lowest BCUT2D eigenvalue weighted by Gasteiger charge is -2.17. The van der Waals surface area contributed by atoms with E-state index in [1.54, 1.807) is 6.20 Å². The number of nitrogens with zero attached hydrogens (tertiary/aromatic N) is 2. The van der Waals surface area contributed by atoms with Crippen LogP contribution in [0.1, 0.15) is 32.9 Å². The van der Waals surface area contributed by atoms with Gasteiger partial charge in [0.25, 0.3) is 0 Å². The van der Waals surface area contributed by atoms with Gasteiger partial charge in [-0.05, 0) is 19.4 Å². The van der Waals surface area contributed by atoms with Gasteiger partial charge in [0.1, 0.15) is 12.4 Å². The molecule has 2 heterocycles. The SMILES string of the molecule is CCCCOC(C)OC[C@H]1OC[C@@H](n2ccc(N)nc2=O)O1. The van der Waals surface area contributed by atoms with Gasteiger partial charge in [0.15, 0.2) is 18.8 Å². The molecule has 8 heteroatoms. The summed E-state index contributed by atoms with van der Waals surface area (Å²) in [6.07, 6.45) is 2.24. The van der Waals surface area contributed by atoms with Crippen molar-refractivity contribution in [2.75, 3.05) is 25.6 Å². The van der Waals surface area contributed by atoms with Crippen LogP contribution in [0.15, 0.2) is 17.1 Å². The number of ether oxygens (including phenoxy) is 4. The number of anilines is 1. The Morgan fingerprint density at radius 2 is 2.36 bits per heavy atom. The van der Waals surface area contributed by atoms with Crippen LogP contribution in [-0.2, 0) is 18.9 Å². The molecule has 22 heavy (non-hydrogen) atoms. The summed E-state index contributed by atoms with van der Waals surface area (Å²) in [5, 5.41) is 0. The third-order valence-corrected chi connectivity index (χ3v) is 3.21. The minimum atomic E-state index is -0.535. The van der Waals surface area contributed by atoms with E-state index in [4.69, 9.17) is 24.7 Å². The van der Waals surface area contributed by atoms with Crippen LogP contribution in [0.4, 0.5) is 5.82 Å². The summed E-state index contributed by atoms with van der Waals surface area (Å²) in [6.45, 7) is 5.09. The highest BCUT2D eigenvalue weighted by atomic mass is 16.8. The van der Waals surface area contributed by atoms with Gasteiger partial charge in [-0.1, -0.05) is 13.3 Å². The lowest BCUT2D eigenvalue weighted by Crippen LogP contribution is -2.29. The molecule has 2 rings (SSSR count). The Bertz CT molecular complexity index is 521. The van der Waals surface area contributed by atoms with Crippen LogP contribution in [0.3, 0.4) is 0 Å². The number of aromatic nitrogens is 2. The molecule has 1 aliphatic heterocycles. The topological polar surface area (TPSA) is 97.8 Å². The van der Waals surface area contributed by atoms with E-state index in [0.29, 0.717) is 6.61 Å². The van der Waals surface area contributed by atoms with E-state index in [1.165, 1.54) is 10.6 Å². The van der Waals surface area contributed by atoms with Crippen molar-refractivity contribution in [3.8, 4) is 0 Å². The van der Waals surface area contributed by atoms with E-state index in [1.807, 2.05) is 6.92 Å². The average molecular weight is 313 g/mol. The molecule has 0 amide bonds. The summed E-state index contributed by atoms with van der Waals surface area (Å²) < 4.78 is 23.4. The fraction of sp³-hybridized carbons (Fsp3) is 0.714. The third kappa shape index (κ3) is 4.77. The number of hydrogen-bond donors (Lipinski definition) is 1. The molecule has 124 valence electrons. The standard InChI is InChI=1S/C14H23N3O5/c1-3-4-7-19-10(2)20-9-13-21-8-12(22-13)17-6-5-11(15)16-14(17)18/h5-6,10,12-13H,3-4,7-9H2,1-2H3,(H2,15,16,18)/t10?,12-,13-/m0/s1. The number of nitrogen functional groups attached to an aromatic ring is 1. The largest absolute Gasteiger partial charge is 0.383 e. The van der Waals surface area contributed by atoms with E-state index in [2.05, 4.69) is 11.9 Å². The Hall–Kier alpha value is -1.48. The van der Waals surface area contributed by atoms with Crippen LogP contribution in [0.25, 0.3) is 0 Å². The molecule has 0 saturated carbocycles. The average Bonchev–Trinajstić information content (AvgIpc) is 2.94. The lowest BCUT2D eigenvalue weighted by atomic mass is 10.4. The van der Waals surface area contributed by atoms with Gasteiger partial charge in [-0.15, -0.1) is 0 Å². The molecule has 0 aliphatic carbocycles. The van der Waals surface area contributed by atoms with Crippen molar-refractivity contribution in [1.29, 1.82) is 0 Å². The molecule has 0 spiro atoms. The molecule has 2 N–H and O–H groups in total. The van der Waals surface area contributed by atoms with Crippen LogP contribution in [-0.4, -0.2) is 42.0 Å². The zero-order chi connectivity index (χ0) is 15.9. The maximum Gasteiger partial charge on any atom is 0.351 e. The Morgan fingerprint density at radius 1 is 1.55 bits per heavy atom. The van der Waals surface area contributed by atoms with Gasteiger partial charge in [-0.3, -0.25) is 4.57 Å². The molecule has 0 radical (unpaired) electrons. The van der Waals surface area contributed by atoms with E-state index >= 15 is 0 Å². The second-order valence-electron chi connectivity index (χ2n) is 5.02. The predicted octanol–water partition coefficient (Wildman–Crippen LogP) is 0.876. The van der Waals surface area contributed by atoms with Gasteiger partial charge in [-0.25, -0.2) is 4.79 Å². The molecule has 1 fully saturated rings. The molecule has 1 saturated heterocycles. The Balaban J connectivity index is 1.77. The van der Waals surface area contributed by atoms with Gasteiger partial charge in [0.05, 0.1) is 6.61 Å². The highest BCUT2D eigenvalue weighted by Crippen LogP contribution is 2.20. The summed E-state index contributed by atoms with van der Waals surface area (Å²) in [6, 6.07) is 1.54. The lowest BCUT2D eigenvalue weighted by molar-refractivity contribution is -0.185. The smallest absolute Gasteiger partial charge is 0.351 e. The Kier molecular flexibility index (Phi) is 6.32. The van der Waals surface area contributed by atoms with E-state index in [-0.39, 0.29) is 25.3 Å². The maximum absolute atomic E-state index is 11.7. The molecule has 8 nitrogen and oxygen atoms in total. The number of hydrogen-bond acceptors (Lipinski definition) is 7. The minimum absolute atomic E-state index is 0.179. The summed E-state index contributed by atoms with van der Waals surface area (Å²) in [5.74, 6) is 0.179. The fourth-order valence-electron chi connectivity index (χ4n) is 1.98. The third-order valence-electron chi connectivity index (χ3n) is 3.21. The fourth-order valence-corrected chi connectivity index (χ4v) is 1.98. The second-order valence-corrected chi connectivity index (χ2v) is 5.02. The zero-order valence-corrected chi connectivity index (χ0v) is 12.9. The predicted molar refractivity (Wildman–Crippen MR) is 79.0 cm³/mol. The zero-order valence-electron chi connectivity index (χ0n) is 12.9. The first-order valence-electron chi connectivity index (χ1n) is 7.45. The summed E-state index contributed by atoms with van der Waals surface area (Å²) in [5.41, 5.74) is 4.99. The quantitative estimate of drug-likeness (QED) is 0.562. The normalized spacial score (nSPS) is 22.8. The molecular weight excluding hydrogens is 290 g/mol. The maximum atomic E-state index is 11.7. The van der Waals surface area contributed by atoms with Crippen molar-refractivity contribution in [3.63, 3.8) is 0 Å². The molecule has 1 unspecified atom stereocenters. The van der Waals surface area contributed by atoms with Crippen molar-refractivity contribution in [1.82, 2.24) is 9.55 Å². The highest BCUT2D eigenvalue weighted by molar-refractivity contribution is 5.23. The van der Waals surface area contributed by atoms with Gasteiger partial charge in [0.2, 0.25) is 0 Å². The van der Waals surface area contributed by atoms with Crippen molar-refractivity contribution >= 4 is 5.82 Å². The van der Waals surface area contributed by atoms with Crippen LogP contribution in [0.2, 0.25) is 0 Å². The molecule has 1 aliphatic rings. The van der Waals surface area contributed by atoms with Crippen molar-refractivity contribution in [2.45, 2.75) is 45.5 Å². The molecular formula is C14H23N3O5. The highest BCUT2D eigenvalue weighted by Gasteiger charge is 2.28. The van der Waals surface area contributed by atoms with Crippen LogP contribution in [0.5, 0.6) is 0 Å². The van der Waals surface area contributed by atoms with Gasteiger partial charge < -0.3 is 24.7 Å². The first-order chi connectivity index (χ1) is 10.6. The van der Waals surface area contributed by atoms with Gasteiger partial charge in [-0.2, -0.15) is 4.98 Å². The van der Waals surface area contributed by atoms with Gasteiger partial charge in [0, 0.05) is 12.8 Å². The van der Waals surface area contributed by atoms with E-state index in [9.17, 15) is 4.79 Å². The Morgan fingerprint density at radius 3 is 3.09 bits per heavy atom. The monoisotopic (exact) mass is 313 g/mol. The summed E-state index contributed by atoms with van der Waals surface area (Å²) in [4.78, 5) is 15.4.